The van der Waals surface area contributed by atoms with Crippen molar-refractivity contribution < 1.29 is 17.2 Å². The molecule has 0 unspecified atom stereocenters. The number of halogens is 3. The van der Waals surface area contributed by atoms with Crippen molar-refractivity contribution >= 4 is 53.4 Å². The van der Waals surface area contributed by atoms with Gasteiger partial charge in [0.15, 0.2) is 0 Å². The van der Waals surface area contributed by atoms with Crippen LogP contribution in [0, 0.1) is 11.6 Å². The van der Waals surface area contributed by atoms with Gasteiger partial charge < -0.3 is 4.98 Å². The molecular weight excluding hydrogens is 428 g/mol. The Kier molecular flexibility index (Phi) is 3.92. The number of benzene rings is 2. The topological polar surface area (TPSA) is 74.8 Å². The van der Waals surface area contributed by atoms with Crippen LogP contribution in [0.5, 0.6) is 0 Å². The van der Waals surface area contributed by atoms with Crippen LogP contribution in [0.15, 0.2) is 58.2 Å². The molecule has 0 aliphatic heterocycles. The maximum atomic E-state index is 14.0. The number of pyridine rings is 1. The summed E-state index contributed by atoms with van der Waals surface area (Å²) < 4.78 is 55.0. The Morgan fingerprint density at radius 2 is 1.92 bits per heavy atom. The predicted molar refractivity (Wildman–Crippen MR) is 98.5 cm³/mol. The third kappa shape index (κ3) is 2.73. The lowest BCUT2D eigenvalue weighted by atomic mass is 10.1. The predicted octanol–water partition coefficient (Wildman–Crippen LogP) is 4.56. The summed E-state index contributed by atoms with van der Waals surface area (Å²) in [5.74, 6) is -1.67. The van der Waals surface area contributed by atoms with Gasteiger partial charge in [0.05, 0.1) is 21.2 Å². The van der Waals surface area contributed by atoms with Gasteiger partial charge in [-0.15, -0.1) is 0 Å². The molecule has 4 rings (SSSR count). The molecule has 5 nitrogen and oxygen atoms in total. The first-order chi connectivity index (χ1) is 12.4. The van der Waals surface area contributed by atoms with E-state index in [0.717, 1.165) is 17.5 Å². The maximum Gasteiger partial charge on any atom is 0.264 e. The number of nitrogens with zero attached hydrogens (tertiary/aromatic N) is 1. The van der Waals surface area contributed by atoms with Gasteiger partial charge in [0, 0.05) is 29.2 Å². The standard InChI is InChI=1S/C17H10BrF2N3O2S/c18-11-6-13(20)14(7-12(11)19)23-26(24,25)15-8-22-17-10(15)4-3-9-2-1-5-21-16(9)17/h1-8,22-23H. The molecule has 0 bridgehead atoms. The minimum atomic E-state index is -4.15. The summed E-state index contributed by atoms with van der Waals surface area (Å²) in [6.07, 6.45) is 2.91. The van der Waals surface area contributed by atoms with Crippen molar-refractivity contribution in [2.75, 3.05) is 4.72 Å². The van der Waals surface area contributed by atoms with Crippen LogP contribution < -0.4 is 4.72 Å². The molecule has 132 valence electrons. The van der Waals surface area contributed by atoms with Gasteiger partial charge in [-0.05, 0) is 28.1 Å². The lowest BCUT2D eigenvalue weighted by Crippen LogP contribution is -2.14. The Bertz CT molecular complexity index is 1270. The highest BCUT2D eigenvalue weighted by atomic mass is 79.9. The quantitative estimate of drug-likeness (QED) is 0.461. The summed E-state index contributed by atoms with van der Waals surface area (Å²) in [5.41, 5.74) is 0.692. The van der Waals surface area contributed by atoms with E-state index in [4.69, 9.17) is 0 Å². The number of H-pyrrole nitrogens is 1. The molecule has 0 atom stereocenters. The fourth-order valence-corrected chi connectivity index (χ4v) is 4.28. The van der Waals surface area contributed by atoms with Crippen molar-refractivity contribution in [1.82, 2.24) is 9.97 Å². The lowest BCUT2D eigenvalue weighted by Gasteiger charge is -2.09. The average Bonchev–Trinajstić information content (AvgIpc) is 3.05. The van der Waals surface area contributed by atoms with Gasteiger partial charge in [-0.2, -0.15) is 0 Å². The molecule has 2 aromatic heterocycles. The van der Waals surface area contributed by atoms with Crippen LogP contribution in [-0.2, 0) is 10.0 Å². The Balaban J connectivity index is 1.84. The van der Waals surface area contributed by atoms with E-state index in [1.807, 2.05) is 6.07 Å². The van der Waals surface area contributed by atoms with Gasteiger partial charge in [-0.3, -0.25) is 9.71 Å². The highest BCUT2D eigenvalue weighted by Crippen LogP contribution is 2.30. The summed E-state index contributed by atoms with van der Waals surface area (Å²) in [6, 6.07) is 8.67. The smallest absolute Gasteiger partial charge is 0.264 e. The van der Waals surface area contributed by atoms with Crippen LogP contribution in [0.25, 0.3) is 21.8 Å². The summed E-state index contributed by atoms with van der Waals surface area (Å²) in [6.45, 7) is 0. The molecule has 0 spiro atoms. The molecule has 2 heterocycles. The molecule has 2 N–H and O–H groups in total. The number of fused-ring (bicyclic) bond motifs is 3. The van der Waals surface area contributed by atoms with Crippen LogP contribution in [0.3, 0.4) is 0 Å². The second kappa shape index (κ2) is 6.03. The third-order valence-corrected chi connectivity index (χ3v) is 5.94. The summed E-state index contributed by atoms with van der Waals surface area (Å²) >= 11 is 2.85. The second-order valence-corrected chi connectivity index (χ2v) is 8.07. The fourth-order valence-electron chi connectivity index (χ4n) is 2.73. The molecule has 4 aromatic rings. The summed E-state index contributed by atoms with van der Waals surface area (Å²) in [7, 11) is -4.15. The monoisotopic (exact) mass is 437 g/mol. The van der Waals surface area contributed by atoms with Gasteiger partial charge in [0.1, 0.15) is 16.5 Å². The zero-order valence-electron chi connectivity index (χ0n) is 12.9. The van der Waals surface area contributed by atoms with Crippen LogP contribution >= 0.6 is 15.9 Å². The van der Waals surface area contributed by atoms with E-state index in [2.05, 4.69) is 30.6 Å². The van der Waals surface area contributed by atoms with Crippen molar-refractivity contribution in [3.63, 3.8) is 0 Å². The molecule has 26 heavy (non-hydrogen) atoms. The largest absolute Gasteiger partial charge is 0.358 e. The molecule has 0 fully saturated rings. The number of hydrogen-bond donors (Lipinski definition) is 2. The minimum Gasteiger partial charge on any atom is -0.358 e. The molecule has 0 saturated heterocycles. The first-order valence-electron chi connectivity index (χ1n) is 7.39. The number of hydrogen-bond acceptors (Lipinski definition) is 3. The van der Waals surface area contributed by atoms with Crippen LogP contribution in [0.4, 0.5) is 14.5 Å². The zero-order valence-corrected chi connectivity index (χ0v) is 15.3. The molecule has 0 aliphatic carbocycles. The maximum absolute atomic E-state index is 14.0. The Labute approximate surface area is 155 Å². The first kappa shape index (κ1) is 16.9. The Morgan fingerprint density at radius 3 is 2.73 bits per heavy atom. The lowest BCUT2D eigenvalue weighted by molar-refractivity contribution is 0.592. The number of nitrogens with one attached hydrogen (secondary N) is 2. The fraction of sp³-hybridized carbons (Fsp3) is 0. The molecular formula is C17H10BrF2N3O2S. The molecule has 0 amide bonds. The normalized spacial score (nSPS) is 12.0. The van der Waals surface area contributed by atoms with E-state index >= 15 is 0 Å². The Hall–Kier alpha value is -2.52. The highest BCUT2D eigenvalue weighted by molar-refractivity contribution is 9.10. The van der Waals surface area contributed by atoms with E-state index in [1.165, 1.54) is 6.20 Å². The van der Waals surface area contributed by atoms with E-state index in [0.29, 0.717) is 16.4 Å². The second-order valence-electron chi connectivity index (χ2n) is 5.57. The van der Waals surface area contributed by atoms with Crippen LogP contribution in [-0.4, -0.2) is 18.4 Å². The molecule has 0 saturated carbocycles. The SMILES string of the molecule is O=S(=O)(Nc1cc(F)c(Br)cc1F)c1c[nH]c2c1ccc1cccnc12. The Morgan fingerprint density at radius 1 is 1.12 bits per heavy atom. The number of aromatic nitrogens is 2. The average molecular weight is 438 g/mol. The molecule has 0 aliphatic rings. The van der Waals surface area contributed by atoms with Gasteiger partial charge in [-0.25, -0.2) is 17.2 Å². The van der Waals surface area contributed by atoms with Crippen molar-refractivity contribution in [3.8, 4) is 0 Å². The van der Waals surface area contributed by atoms with Crippen molar-refractivity contribution in [2.45, 2.75) is 4.90 Å². The van der Waals surface area contributed by atoms with Crippen LogP contribution in [0.1, 0.15) is 0 Å². The van der Waals surface area contributed by atoms with Crippen molar-refractivity contribution in [2.24, 2.45) is 0 Å². The number of aromatic amines is 1. The first-order valence-corrected chi connectivity index (χ1v) is 9.66. The van der Waals surface area contributed by atoms with E-state index in [1.54, 1.807) is 24.4 Å². The summed E-state index contributed by atoms with van der Waals surface area (Å²) in [5, 5.41) is 1.25. The van der Waals surface area contributed by atoms with E-state index in [-0.39, 0.29) is 9.37 Å². The van der Waals surface area contributed by atoms with Gasteiger partial charge in [0.2, 0.25) is 0 Å². The number of anilines is 1. The van der Waals surface area contributed by atoms with Crippen molar-refractivity contribution in [1.29, 1.82) is 0 Å². The number of rotatable bonds is 3. The van der Waals surface area contributed by atoms with Gasteiger partial charge in [0.25, 0.3) is 10.0 Å². The van der Waals surface area contributed by atoms with Crippen LogP contribution in [0.2, 0.25) is 0 Å². The molecule has 9 heteroatoms. The van der Waals surface area contributed by atoms with E-state index < -0.39 is 27.3 Å². The minimum absolute atomic E-state index is 0.0808. The molecule has 2 aromatic carbocycles. The number of sulfonamides is 1. The zero-order chi connectivity index (χ0) is 18.5. The summed E-state index contributed by atoms with van der Waals surface area (Å²) in [4.78, 5) is 7.08. The third-order valence-electron chi connectivity index (χ3n) is 3.93. The van der Waals surface area contributed by atoms with Gasteiger partial charge in [-0.1, -0.05) is 18.2 Å². The highest BCUT2D eigenvalue weighted by Gasteiger charge is 2.22. The van der Waals surface area contributed by atoms with Crippen molar-refractivity contribution in [3.05, 3.63) is 64.9 Å². The van der Waals surface area contributed by atoms with E-state index in [9.17, 15) is 17.2 Å². The van der Waals surface area contributed by atoms with Gasteiger partial charge >= 0.3 is 0 Å². The molecule has 0 radical (unpaired) electrons.